The minimum absolute atomic E-state index is 0.395. The average Bonchev–Trinajstić information content (AvgIpc) is 3.29. The summed E-state index contributed by atoms with van der Waals surface area (Å²) in [5.41, 5.74) is 5.70. The van der Waals surface area contributed by atoms with E-state index in [9.17, 15) is 0 Å². The summed E-state index contributed by atoms with van der Waals surface area (Å²) in [5.74, 6) is 2.22. The van der Waals surface area contributed by atoms with Crippen molar-refractivity contribution < 1.29 is 19.0 Å². The fourth-order valence-electron chi connectivity index (χ4n) is 5.19. The van der Waals surface area contributed by atoms with Crippen LogP contribution in [0, 0.1) is 5.92 Å². The number of H-pyrrole nitrogens is 1. The number of fused-ring (bicyclic) bond motifs is 1. The summed E-state index contributed by atoms with van der Waals surface area (Å²) in [4.78, 5) is 5.20. The quantitative estimate of drug-likeness (QED) is 0.362. The first-order valence-corrected chi connectivity index (χ1v) is 11.9. The first-order valence-electron chi connectivity index (χ1n) is 11.9. The summed E-state index contributed by atoms with van der Waals surface area (Å²) in [7, 11) is 6.50. The molecule has 1 saturated carbocycles. The maximum Gasteiger partial charge on any atom is 0.203 e. The van der Waals surface area contributed by atoms with Crippen molar-refractivity contribution in [2.75, 3.05) is 28.4 Å². The fourth-order valence-corrected chi connectivity index (χ4v) is 5.19. The molecule has 1 unspecified atom stereocenters. The van der Waals surface area contributed by atoms with Crippen LogP contribution in [0.3, 0.4) is 0 Å². The molecule has 0 amide bonds. The smallest absolute Gasteiger partial charge is 0.203 e. The number of aromatic amines is 1. The molecular formula is C28H31N3O4. The van der Waals surface area contributed by atoms with Gasteiger partial charge in [0.25, 0.3) is 0 Å². The van der Waals surface area contributed by atoms with Crippen molar-refractivity contribution in [1.29, 1.82) is 0 Å². The number of ether oxygens (including phenoxy) is 3. The van der Waals surface area contributed by atoms with Gasteiger partial charge < -0.3 is 19.0 Å². The predicted octanol–water partition coefficient (Wildman–Crippen LogP) is 5.14. The summed E-state index contributed by atoms with van der Waals surface area (Å²) in [6, 6.07) is 14.5. The second-order valence-electron chi connectivity index (χ2n) is 9.01. The molecule has 0 radical (unpaired) electrons. The Labute approximate surface area is 205 Å². The van der Waals surface area contributed by atoms with Gasteiger partial charge in [-0.25, -0.2) is 0 Å². The molecule has 2 aromatic carbocycles. The first-order chi connectivity index (χ1) is 17.1. The van der Waals surface area contributed by atoms with Gasteiger partial charge in [-0.3, -0.25) is 5.10 Å². The summed E-state index contributed by atoms with van der Waals surface area (Å²) in [6.45, 7) is 0. The van der Waals surface area contributed by atoms with Crippen LogP contribution in [-0.2, 0) is 16.7 Å². The zero-order valence-corrected chi connectivity index (χ0v) is 20.6. The van der Waals surface area contributed by atoms with E-state index in [1.807, 2.05) is 18.2 Å². The van der Waals surface area contributed by atoms with Crippen molar-refractivity contribution >= 4 is 11.8 Å². The number of hydrogen-bond donors (Lipinski definition) is 1. The molecule has 35 heavy (non-hydrogen) atoms. The Morgan fingerprint density at radius 2 is 1.69 bits per heavy atom. The van der Waals surface area contributed by atoms with Gasteiger partial charge in [0.05, 0.1) is 21.3 Å². The Morgan fingerprint density at radius 3 is 2.26 bits per heavy atom. The van der Waals surface area contributed by atoms with Crippen LogP contribution in [0.4, 0.5) is 0 Å². The molecule has 2 aliphatic carbocycles. The molecule has 0 aliphatic heterocycles. The Bertz CT molecular complexity index is 1240. The highest BCUT2D eigenvalue weighted by atomic mass is 16.6. The maximum atomic E-state index is 5.69. The number of rotatable bonds is 8. The molecule has 7 nitrogen and oxygen atoms in total. The Hall–Kier alpha value is -3.74. The Kier molecular flexibility index (Phi) is 6.24. The highest BCUT2D eigenvalue weighted by Gasteiger charge is 2.39. The SMILES string of the molecule is CO/N=C(/c1n[nH]c2c1C=CC(c1ccccc1)(c1cc(OC)c(OC)c(OC)c1)C2)C1CCC1. The second kappa shape index (κ2) is 9.49. The van der Waals surface area contributed by atoms with E-state index in [-0.39, 0.29) is 0 Å². The Balaban J connectivity index is 1.66. The minimum atomic E-state index is -0.458. The molecule has 7 heteroatoms. The lowest BCUT2D eigenvalue weighted by atomic mass is 9.68. The van der Waals surface area contributed by atoms with Gasteiger partial charge in [-0.15, -0.1) is 0 Å². The molecule has 1 fully saturated rings. The van der Waals surface area contributed by atoms with Gasteiger partial charge in [0.2, 0.25) is 5.75 Å². The van der Waals surface area contributed by atoms with Gasteiger partial charge in [-0.05, 0) is 36.1 Å². The first kappa shape index (κ1) is 23.0. The van der Waals surface area contributed by atoms with Gasteiger partial charge in [0.15, 0.2) is 11.5 Å². The van der Waals surface area contributed by atoms with Crippen LogP contribution < -0.4 is 14.2 Å². The number of methoxy groups -OCH3 is 3. The van der Waals surface area contributed by atoms with E-state index in [4.69, 9.17) is 24.1 Å². The van der Waals surface area contributed by atoms with Crippen LogP contribution in [0.15, 0.2) is 53.7 Å². The fraction of sp³-hybridized carbons (Fsp3) is 0.357. The van der Waals surface area contributed by atoms with Crippen LogP contribution in [0.2, 0.25) is 0 Å². The zero-order chi connectivity index (χ0) is 24.4. The normalized spacial score (nSPS) is 19.6. The molecule has 1 aromatic heterocycles. The van der Waals surface area contributed by atoms with E-state index in [0.29, 0.717) is 29.6 Å². The molecule has 0 spiro atoms. The van der Waals surface area contributed by atoms with Gasteiger partial charge in [-0.1, -0.05) is 54.1 Å². The number of allylic oxidation sites excluding steroid dienone is 1. The van der Waals surface area contributed by atoms with Crippen molar-refractivity contribution in [2.45, 2.75) is 31.1 Å². The summed E-state index contributed by atoms with van der Waals surface area (Å²) in [6.07, 6.45) is 8.57. The predicted molar refractivity (Wildman–Crippen MR) is 136 cm³/mol. The zero-order valence-electron chi connectivity index (χ0n) is 20.6. The van der Waals surface area contributed by atoms with Crippen LogP contribution in [0.5, 0.6) is 17.2 Å². The molecule has 1 atom stereocenters. The highest BCUT2D eigenvalue weighted by molar-refractivity contribution is 6.04. The van der Waals surface area contributed by atoms with Crippen LogP contribution in [0.1, 0.15) is 47.3 Å². The number of nitrogens with zero attached hydrogens (tertiary/aromatic N) is 2. The number of oxime groups is 1. The van der Waals surface area contributed by atoms with Crippen molar-refractivity contribution in [2.24, 2.45) is 11.1 Å². The summed E-state index contributed by atoms with van der Waals surface area (Å²) >= 11 is 0. The lowest BCUT2D eigenvalue weighted by Crippen LogP contribution is -2.31. The van der Waals surface area contributed by atoms with Crippen molar-refractivity contribution in [3.8, 4) is 17.2 Å². The van der Waals surface area contributed by atoms with Gasteiger partial charge in [0.1, 0.15) is 18.5 Å². The van der Waals surface area contributed by atoms with Crippen LogP contribution in [0.25, 0.3) is 6.08 Å². The molecule has 5 rings (SSSR count). The second-order valence-corrected chi connectivity index (χ2v) is 9.01. The topological polar surface area (TPSA) is 78.0 Å². The minimum Gasteiger partial charge on any atom is -0.493 e. The largest absolute Gasteiger partial charge is 0.493 e. The number of aromatic nitrogens is 2. The third-order valence-electron chi connectivity index (χ3n) is 7.27. The Morgan fingerprint density at radius 1 is 0.971 bits per heavy atom. The summed E-state index contributed by atoms with van der Waals surface area (Å²) in [5, 5.41) is 12.4. The third kappa shape index (κ3) is 3.85. The van der Waals surface area contributed by atoms with E-state index in [1.165, 1.54) is 6.42 Å². The molecule has 0 bridgehead atoms. The monoisotopic (exact) mass is 473 g/mol. The molecule has 1 heterocycles. The van der Waals surface area contributed by atoms with Gasteiger partial charge >= 0.3 is 0 Å². The molecule has 0 saturated heterocycles. The lowest BCUT2D eigenvalue weighted by molar-refractivity contribution is 0.208. The van der Waals surface area contributed by atoms with E-state index >= 15 is 0 Å². The lowest BCUT2D eigenvalue weighted by Gasteiger charge is -2.35. The van der Waals surface area contributed by atoms with E-state index in [0.717, 1.165) is 46.6 Å². The number of nitrogens with one attached hydrogen (secondary N) is 1. The highest BCUT2D eigenvalue weighted by Crippen LogP contribution is 2.47. The molecular weight excluding hydrogens is 442 g/mol. The van der Waals surface area contributed by atoms with Crippen LogP contribution in [-0.4, -0.2) is 44.3 Å². The molecule has 2 aliphatic rings. The van der Waals surface area contributed by atoms with Crippen molar-refractivity contribution in [3.05, 3.63) is 76.6 Å². The molecule has 1 N–H and O–H groups in total. The summed E-state index contributed by atoms with van der Waals surface area (Å²) < 4.78 is 17.0. The van der Waals surface area contributed by atoms with E-state index in [1.54, 1.807) is 28.4 Å². The van der Waals surface area contributed by atoms with Gasteiger partial charge in [-0.2, -0.15) is 5.10 Å². The maximum absolute atomic E-state index is 5.69. The van der Waals surface area contributed by atoms with Crippen LogP contribution >= 0.6 is 0 Å². The average molecular weight is 474 g/mol. The van der Waals surface area contributed by atoms with Crippen molar-refractivity contribution in [1.82, 2.24) is 10.2 Å². The van der Waals surface area contributed by atoms with E-state index in [2.05, 4.69) is 46.7 Å². The number of benzene rings is 2. The molecule has 182 valence electrons. The molecule has 3 aromatic rings. The van der Waals surface area contributed by atoms with E-state index < -0.39 is 5.41 Å². The van der Waals surface area contributed by atoms with Gasteiger partial charge in [0, 0.05) is 29.0 Å². The number of hydrogen-bond acceptors (Lipinski definition) is 6. The van der Waals surface area contributed by atoms with Crippen molar-refractivity contribution in [3.63, 3.8) is 0 Å². The standard InChI is InChI=1S/C28H31N3O4/c1-32-23-15-20(16-24(33-2)27(23)34-3)28(19-11-6-5-7-12-19)14-13-21-22(17-28)29-30-26(21)25(31-35-4)18-9-8-10-18/h5-7,11-16,18H,8-10,17H2,1-4H3,(H,29,30)/b31-25+. The third-order valence-corrected chi connectivity index (χ3v) is 7.27.